The van der Waals surface area contributed by atoms with Crippen LogP contribution in [0, 0.1) is 0 Å². The van der Waals surface area contributed by atoms with E-state index in [2.05, 4.69) is 21.1 Å². The van der Waals surface area contributed by atoms with Crippen molar-refractivity contribution in [2.75, 3.05) is 0 Å². The van der Waals surface area contributed by atoms with Gasteiger partial charge in [0.1, 0.15) is 5.75 Å². The van der Waals surface area contributed by atoms with E-state index in [9.17, 15) is 0 Å². The molecule has 0 spiro atoms. The quantitative estimate of drug-likeness (QED) is 0.458. The van der Waals surface area contributed by atoms with Crippen molar-refractivity contribution in [3.8, 4) is 22.8 Å². The van der Waals surface area contributed by atoms with Crippen molar-refractivity contribution in [2.45, 2.75) is 25.8 Å². The molecule has 0 saturated heterocycles. The maximum absolute atomic E-state index is 5.99. The SMILES string of the molecule is CC(C)Oc1ccc(-n2nc(CCl)nc2-c2cnc3ccccc3c2)cc1. The summed E-state index contributed by atoms with van der Waals surface area (Å²) in [7, 11) is 0. The average molecular weight is 379 g/mol. The highest BCUT2D eigenvalue weighted by molar-refractivity contribution is 6.16. The topological polar surface area (TPSA) is 52.8 Å². The number of hydrogen-bond donors (Lipinski definition) is 0. The molecule has 136 valence electrons. The summed E-state index contributed by atoms with van der Waals surface area (Å²) in [6, 6.07) is 17.8. The number of halogens is 1. The van der Waals surface area contributed by atoms with Crippen LogP contribution >= 0.6 is 11.6 Å². The Morgan fingerprint density at radius 1 is 1.07 bits per heavy atom. The van der Waals surface area contributed by atoms with Crippen LogP contribution in [0.15, 0.2) is 60.8 Å². The molecule has 0 unspecified atom stereocenters. The first-order valence-corrected chi connectivity index (χ1v) is 9.31. The maximum atomic E-state index is 5.99. The van der Waals surface area contributed by atoms with E-state index in [0.29, 0.717) is 11.6 Å². The monoisotopic (exact) mass is 378 g/mol. The Balaban J connectivity index is 1.78. The average Bonchev–Trinajstić information content (AvgIpc) is 3.12. The van der Waals surface area contributed by atoms with Crippen LogP contribution in [0.1, 0.15) is 19.7 Å². The second-order valence-corrected chi connectivity index (χ2v) is 6.74. The number of ether oxygens (including phenoxy) is 1. The lowest BCUT2D eigenvalue weighted by Crippen LogP contribution is -2.06. The highest BCUT2D eigenvalue weighted by atomic mass is 35.5. The third-order valence-corrected chi connectivity index (χ3v) is 4.31. The van der Waals surface area contributed by atoms with Gasteiger partial charge in [-0.25, -0.2) is 9.67 Å². The first-order chi connectivity index (χ1) is 13.1. The molecule has 0 atom stereocenters. The number of alkyl halides is 1. The number of rotatable bonds is 5. The summed E-state index contributed by atoms with van der Waals surface area (Å²) in [6.45, 7) is 4.01. The molecule has 0 saturated carbocycles. The zero-order valence-corrected chi connectivity index (χ0v) is 15.9. The molecule has 5 nitrogen and oxygen atoms in total. The molecule has 0 N–H and O–H groups in total. The number of fused-ring (bicyclic) bond motifs is 1. The number of benzene rings is 2. The molecule has 0 fully saturated rings. The Kier molecular flexibility index (Phi) is 4.77. The normalized spacial score (nSPS) is 11.3. The van der Waals surface area contributed by atoms with Crippen molar-refractivity contribution < 1.29 is 4.74 Å². The van der Waals surface area contributed by atoms with Gasteiger partial charge in [-0.05, 0) is 50.2 Å². The molecule has 0 bridgehead atoms. The number of para-hydroxylation sites is 1. The van der Waals surface area contributed by atoms with Gasteiger partial charge >= 0.3 is 0 Å². The van der Waals surface area contributed by atoms with Gasteiger partial charge in [0.25, 0.3) is 0 Å². The third kappa shape index (κ3) is 3.64. The van der Waals surface area contributed by atoms with E-state index < -0.39 is 0 Å². The lowest BCUT2D eigenvalue weighted by Gasteiger charge is -2.11. The predicted octanol–water partition coefficient (Wildman–Crippen LogP) is 5.01. The smallest absolute Gasteiger partial charge is 0.166 e. The van der Waals surface area contributed by atoms with Crippen molar-refractivity contribution in [1.82, 2.24) is 19.7 Å². The highest BCUT2D eigenvalue weighted by Crippen LogP contribution is 2.25. The van der Waals surface area contributed by atoms with E-state index in [1.165, 1.54) is 0 Å². The van der Waals surface area contributed by atoms with E-state index >= 15 is 0 Å². The first kappa shape index (κ1) is 17.5. The number of nitrogens with zero attached hydrogens (tertiary/aromatic N) is 4. The van der Waals surface area contributed by atoms with Gasteiger partial charge < -0.3 is 4.74 Å². The van der Waals surface area contributed by atoms with Gasteiger partial charge in [-0.1, -0.05) is 18.2 Å². The third-order valence-electron chi connectivity index (χ3n) is 4.07. The van der Waals surface area contributed by atoms with Crippen LogP contribution in [-0.2, 0) is 5.88 Å². The second-order valence-electron chi connectivity index (χ2n) is 6.47. The first-order valence-electron chi connectivity index (χ1n) is 8.78. The molecule has 2 aromatic heterocycles. The van der Waals surface area contributed by atoms with E-state index in [1.807, 2.05) is 68.6 Å². The van der Waals surface area contributed by atoms with Gasteiger partial charge in [-0.2, -0.15) is 0 Å². The van der Waals surface area contributed by atoms with E-state index in [-0.39, 0.29) is 12.0 Å². The molecule has 2 heterocycles. The molecule has 4 aromatic rings. The summed E-state index contributed by atoms with van der Waals surface area (Å²) < 4.78 is 7.51. The number of pyridine rings is 1. The molecular formula is C21H19ClN4O. The molecular weight excluding hydrogens is 360 g/mol. The van der Waals surface area contributed by atoms with Crippen molar-refractivity contribution in [3.63, 3.8) is 0 Å². The predicted molar refractivity (Wildman–Crippen MR) is 107 cm³/mol. The van der Waals surface area contributed by atoms with Gasteiger partial charge in [0.15, 0.2) is 11.6 Å². The minimum absolute atomic E-state index is 0.129. The van der Waals surface area contributed by atoms with E-state index in [4.69, 9.17) is 16.3 Å². The van der Waals surface area contributed by atoms with E-state index in [0.717, 1.165) is 27.9 Å². The molecule has 27 heavy (non-hydrogen) atoms. The fourth-order valence-electron chi connectivity index (χ4n) is 2.91. The lowest BCUT2D eigenvalue weighted by atomic mass is 10.1. The van der Waals surface area contributed by atoms with Crippen LogP contribution in [0.3, 0.4) is 0 Å². The summed E-state index contributed by atoms with van der Waals surface area (Å²) in [6.07, 6.45) is 1.95. The van der Waals surface area contributed by atoms with Crippen LogP contribution < -0.4 is 4.74 Å². The van der Waals surface area contributed by atoms with Crippen molar-refractivity contribution in [3.05, 3.63) is 66.6 Å². The fraction of sp³-hybridized carbons (Fsp3) is 0.190. The highest BCUT2D eigenvalue weighted by Gasteiger charge is 2.14. The van der Waals surface area contributed by atoms with Gasteiger partial charge in [-0.3, -0.25) is 4.98 Å². The molecule has 6 heteroatoms. The van der Waals surface area contributed by atoms with E-state index in [1.54, 1.807) is 4.68 Å². The molecule has 0 amide bonds. The molecule has 0 aliphatic heterocycles. The summed E-state index contributed by atoms with van der Waals surface area (Å²) in [5.41, 5.74) is 2.72. The maximum Gasteiger partial charge on any atom is 0.166 e. The summed E-state index contributed by atoms with van der Waals surface area (Å²) in [4.78, 5) is 9.14. The van der Waals surface area contributed by atoms with Crippen molar-refractivity contribution >= 4 is 22.5 Å². The summed E-state index contributed by atoms with van der Waals surface area (Å²) >= 11 is 5.99. The molecule has 2 aromatic carbocycles. The molecule has 0 aliphatic rings. The Morgan fingerprint density at radius 2 is 1.85 bits per heavy atom. The fourth-order valence-corrected chi connectivity index (χ4v) is 3.02. The largest absolute Gasteiger partial charge is 0.491 e. The number of hydrogen-bond acceptors (Lipinski definition) is 4. The summed E-state index contributed by atoms with van der Waals surface area (Å²) in [5.74, 6) is 2.35. The minimum Gasteiger partial charge on any atom is -0.491 e. The van der Waals surface area contributed by atoms with Gasteiger partial charge in [0, 0.05) is 17.1 Å². The Hall–Kier alpha value is -2.92. The second kappa shape index (κ2) is 7.37. The Morgan fingerprint density at radius 3 is 2.59 bits per heavy atom. The van der Waals surface area contributed by atoms with Crippen molar-refractivity contribution in [2.24, 2.45) is 0 Å². The standard InChI is InChI=1S/C21H19ClN4O/c1-14(2)27-18-9-7-17(8-10-18)26-21(24-20(12-22)25-26)16-11-15-5-3-4-6-19(15)23-13-16/h3-11,13-14H,12H2,1-2H3. The Labute approximate surface area is 162 Å². The van der Waals surface area contributed by atoms with Gasteiger partial charge in [-0.15, -0.1) is 16.7 Å². The zero-order chi connectivity index (χ0) is 18.8. The summed E-state index contributed by atoms with van der Waals surface area (Å²) in [5, 5.41) is 5.60. The molecule has 4 rings (SSSR count). The van der Waals surface area contributed by atoms with Gasteiger partial charge in [0.2, 0.25) is 0 Å². The molecule has 0 aliphatic carbocycles. The lowest BCUT2D eigenvalue weighted by molar-refractivity contribution is 0.242. The Bertz CT molecular complexity index is 1070. The molecule has 0 radical (unpaired) electrons. The van der Waals surface area contributed by atoms with Crippen molar-refractivity contribution in [1.29, 1.82) is 0 Å². The van der Waals surface area contributed by atoms with Crippen LogP contribution in [0.2, 0.25) is 0 Å². The zero-order valence-electron chi connectivity index (χ0n) is 15.1. The number of aromatic nitrogens is 4. The van der Waals surface area contributed by atoms with Crippen LogP contribution in [-0.4, -0.2) is 25.9 Å². The minimum atomic E-state index is 0.129. The van der Waals surface area contributed by atoms with Gasteiger partial charge in [0.05, 0.1) is 23.2 Å². The van der Waals surface area contributed by atoms with Crippen LogP contribution in [0.5, 0.6) is 5.75 Å². The van der Waals surface area contributed by atoms with Crippen LogP contribution in [0.4, 0.5) is 0 Å². The van der Waals surface area contributed by atoms with Crippen LogP contribution in [0.25, 0.3) is 28.0 Å².